The fourth-order valence-corrected chi connectivity index (χ4v) is 3.39. The molecule has 5 heteroatoms. The van der Waals surface area contributed by atoms with E-state index in [9.17, 15) is 4.79 Å². The van der Waals surface area contributed by atoms with Gasteiger partial charge >= 0.3 is 0 Å². The number of piperidine rings is 1. The van der Waals surface area contributed by atoms with E-state index in [4.69, 9.17) is 5.11 Å². The zero-order chi connectivity index (χ0) is 14.2. The molecule has 116 valence electrons. The Labute approximate surface area is 122 Å². The number of nitrogens with one attached hydrogen (secondary N) is 2. The monoisotopic (exact) mass is 283 g/mol. The molecule has 20 heavy (non-hydrogen) atoms. The van der Waals surface area contributed by atoms with Gasteiger partial charge in [0.25, 0.3) is 0 Å². The summed E-state index contributed by atoms with van der Waals surface area (Å²) in [6.45, 7) is 4.23. The molecule has 2 saturated heterocycles. The van der Waals surface area contributed by atoms with E-state index in [1.54, 1.807) is 0 Å². The average molecular weight is 283 g/mol. The fraction of sp³-hybridized carbons (Fsp3) is 0.933. The predicted molar refractivity (Wildman–Crippen MR) is 79.6 cm³/mol. The van der Waals surface area contributed by atoms with Gasteiger partial charge in [0.05, 0.1) is 6.04 Å². The summed E-state index contributed by atoms with van der Waals surface area (Å²) in [6.07, 6.45) is 7.27. The van der Waals surface area contributed by atoms with Crippen LogP contribution in [0, 0.1) is 0 Å². The van der Waals surface area contributed by atoms with Gasteiger partial charge in [-0.2, -0.15) is 0 Å². The third kappa shape index (κ3) is 4.43. The van der Waals surface area contributed by atoms with E-state index < -0.39 is 0 Å². The molecule has 1 unspecified atom stereocenters. The Morgan fingerprint density at radius 1 is 1.20 bits per heavy atom. The number of carbonyl (C=O) groups is 1. The quantitative estimate of drug-likeness (QED) is 0.595. The van der Waals surface area contributed by atoms with Gasteiger partial charge in [0.2, 0.25) is 5.91 Å². The highest BCUT2D eigenvalue weighted by atomic mass is 16.2. The highest BCUT2D eigenvalue weighted by Gasteiger charge is 2.35. The molecular formula is C15H29N3O2. The molecule has 0 spiro atoms. The lowest BCUT2D eigenvalue weighted by Gasteiger charge is -2.35. The van der Waals surface area contributed by atoms with Gasteiger partial charge < -0.3 is 15.7 Å². The minimum absolute atomic E-state index is 0.0935. The lowest BCUT2D eigenvalue weighted by molar-refractivity contribution is -0.126. The Kier molecular flexibility index (Phi) is 6.76. The molecule has 0 aromatic carbocycles. The smallest absolute Gasteiger partial charge is 0.237 e. The number of hydrogen-bond acceptors (Lipinski definition) is 4. The summed E-state index contributed by atoms with van der Waals surface area (Å²) in [6, 6.07) is 0.680. The van der Waals surface area contributed by atoms with Gasteiger partial charge in [-0.3, -0.25) is 9.69 Å². The number of aliphatic hydroxyl groups excluding tert-OH is 1. The Bertz CT molecular complexity index is 293. The number of nitrogens with zero attached hydrogens (tertiary/aromatic N) is 1. The molecule has 2 heterocycles. The summed E-state index contributed by atoms with van der Waals surface area (Å²) in [5.41, 5.74) is 0. The molecular weight excluding hydrogens is 254 g/mol. The average Bonchev–Trinajstić information content (AvgIpc) is 2.97. The van der Waals surface area contributed by atoms with Crippen LogP contribution in [-0.2, 0) is 4.79 Å². The molecule has 2 aliphatic rings. The van der Waals surface area contributed by atoms with Gasteiger partial charge in [-0.15, -0.1) is 0 Å². The van der Waals surface area contributed by atoms with Crippen LogP contribution in [-0.4, -0.2) is 60.8 Å². The summed E-state index contributed by atoms with van der Waals surface area (Å²) in [7, 11) is 0. The molecule has 2 rings (SSSR count). The topological polar surface area (TPSA) is 64.6 Å². The van der Waals surface area contributed by atoms with Crippen LogP contribution < -0.4 is 10.6 Å². The molecule has 1 atom stereocenters. The van der Waals surface area contributed by atoms with Crippen molar-refractivity contribution in [1.29, 1.82) is 0 Å². The first-order chi connectivity index (χ1) is 9.83. The van der Waals surface area contributed by atoms with E-state index in [0.29, 0.717) is 6.04 Å². The van der Waals surface area contributed by atoms with Crippen LogP contribution in [0.25, 0.3) is 0 Å². The Hall–Kier alpha value is -0.650. The third-order valence-corrected chi connectivity index (χ3v) is 4.51. The first-order valence-electron chi connectivity index (χ1n) is 8.18. The second kappa shape index (κ2) is 8.60. The number of aliphatic hydroxyl groups is 1. The zero-order valence-corrected chi connectivity index (χ0v) is 12.4. The standard InChI is InChI=1S/C15H29N3O2/c19-12-3-1-2-8-17-15(20)14-5-4-11-18(14)13-6-9-16-10-7-13/h13-14,16,19H,1-12H2,(H,17,20). The number of unbranched alkanes of at least 4 members (excludes halogenated alkanes) is 2. The maximum absolute atomic E-state index is 12.3. The van der Waals surface area contributed by atoms with Crippen molar-refractivity contribution in [3.8, 4) is 0 Å². The van der Waals surface area contributed by atoms with Crippen molar-refractivity contribution in [3.63, 3.8) is 0 Å². The first-order valence-corrected chi connectivity index (χ1v) is 8.18. The Morgan fingerprint density at radius 3 is 2.75 bits per heavy atom. The molecule has 2 aliphatic heterocycles. The van der Waals surface area contributed by atoms with Gasteiger partial charge in [0.15, 0.2) is 0 Å². The van der Waals surface area contributed by atoms with E-state index in [0.717, 1.165) is 58.3 Å². The van der Waals surface area contributed by atoms with Gasteiger partial charge in [-0.25, -0.2) is 0 Å². The minimum atomic E-state index is 0.0935. The SMILES string of the molecule is O=C(NCCCCCO)C1CCCN1C1CCNCC1. The third-order valence-electron chi connectivity index (χ3n) is 4.51. The number of amides is 1. The van der Waals surface area contributed by atoms with Crippen LogP contribution in [0.2, 0.25) is 0 Å². The van der Waals surface area contributed by atoms with Crippen molar-refractivity contribution in [3.05, 3.63) is 0 Å². The number of rotatable bonds is 7. The van der Waals surface area contributed by atoms with Crippen LogP contribution in [0.15, 0.2) is 0 Å². The Balaban J connectivity index is 1.73. The van der Waals surface area contributed by atoms with Crippen molar-refractivity contribution >= 4 is 5.91 Å². The number of hydrogen-bond donors (Lipinski definition) is 3. The van der Waals surface area contributed by atoms with Crippen LogP contribution in [0.5, 0.6) is 0 Å². The molecule has 0 saturated carbocycles. The lowest BCUT2D eigenvalue weighted by atomic mass is 10.0. The van der Waals surface area contributed by atoms with Crippen molar-refractivity contribution in [2.75, 3.05) is 32.8 Å². The number of carbonyl (C=O) groups excluding carboxylic acids is 1. The van der Waals surface area contributed by atoms with Crippen molar-refractivity contribution in [2.45, 2.75) is 57.0 Å². The summed E-state index contributed by atoms with van der Waals surface area (Å²) < 4.78 is 0. The van der Waals surface area contributed by atoms with E-state index in [1.165, 1.54) is 12.8 Å². The molecule has 5 nitrogen and oxygen atoms in total. The van der Waals surface area contributed by atoms with Crippen molar-refractivity contribution < 1.29 is 9.90 Å². The molecule has 1 amide bonds. The lowest BCUT2D eigenvalue weighted by Crippen LogP contribution is -2.50. The highest BCUT2D eigenvalue weighted by Crippen LogP contribution is 2.24. The summed E-state index contributed by atoms with van der Waals surface area (Å²) in [5, 5.41) is 15.2. The van der Waals surface area contributed by atoms with E-state index in [-0.39, 0.29) is 18.6 Å². The van der Waals surface area contributed by atoms with Crippen LogP contribution in [0.4, 0.5) is 0 Å². The molecule has 0 aromatic rings. The predicted octanol–water partition coefficient (Wildman–Crippen LogP) is 0.482. The van der Waals surface area contributed by atoms with Crippen molar-refractivity contribution in [1.82, 2.24) is 15.5 Å². The maximum atomic E-state index is 12.3. The van der Waals surface area contributed by atoms with E-state index >= 15 is 0 Å². The molecule has 0 aromatic heterocycles. The van der Waals surface area contributed by atoms with Gasteiger partial charge in [0.1, 0.15) is 0 Å². The largest absolute Gasteiger partial charge is 0.396 e. The molecule has 3 N–H and O–H groups in total. The summed E-state index contributed by atoms with van der Waals surface area (Å²) >= 11 is 0. The van der Waals surface area contributed by atoms with Gasteiger partial charge in [-0.05, 0) is 64.6 Å². The van der Waals surface area contributed by atoms with Crippen molar-refractivity contribution in [2.24, 2.45) is 0 Å². The summed E-state index contributed by atoms with van der Waals surface area (Å²) in [4.78, 5) is 14.7. The second-order valence-electron chi connectivity index (χ2n) is 5.95. The highest BCUT2D eigenvalue weighted by molar-refractivity contribution is 5.82. The maximum Gasteiger partial charge on any atom is 0.237 e. The molecule has 0 bridgehead atoms. The minimum Gasteiger partial charge on any atom is -0.396 e. The number of likely N-dealkylation sites (tertiary alicyclic amines) is 1. The Morgan fingerprint density at radius 2 is 2.00 bits per heavy atom. The van der Waals surface area contributed by atoms with Crippen LogP contribution in [0.1, 0.15) is 44.9 Å². The van der Waals surface area contributed by atoms with Gasteiger partial charge in [-0.1, -0.05) is 0 Å². The van der Waals surface area contributed by atoms with E-state index in [2.05, 4.69) is 15.5 Å². The molecule has 0 aliphatic carbocycles. The van der Waals surface area contributed by atoms with Gasteiger partial charge in [0, 0.05) is 19.2 Å². The van der Waals surface area contributed by atoms with Crippen LogP contribution in [0.3, 0.4) is 0 Å². The van der Waals surface area contributed by atoms with Crippen LogP contribution >= 0.6 is 0 Å². The molecule has 0 radical (unpaired) electrons. The fourth-order valence-electron chi connectivity index (χ4n) is 3.39. The summed E-state index contributed by atoms with van der Waals surface area (Å²) in [5.74, 6) is 0.213. The normalized spacial score (nSPS) is 24.9. The molecule has 2 fully saturated rings. The zero-order valence-electron chi connectivity index (χ0n) is 12.4. The first kappa shape index (κ1) is 15.7. The van der Waals surface area contributed by atoms with E-state index in [1.807, 2.05) is 0 Å². The second-order valence-corrected chi connectivity index (χ2v) is 5.95.